The van der Waals surface area contributed by atoms with E-state index in [1.807, 2.05) is 30.3 Å². The number of hydrogen-bond acceptors (Lipinski definition) is 6. The Morgan fingerprint density at radius 3 is 2.57 bits per heavy atom. The van der Waals surface area contributed by atoms with E-state index in [-0.39, 0.29) is 35.1 Å². The van der Waals surface area contributed by atoms with E-state index in [9.17, 15) is 4.79 Å². The second-order valence-corrected chi connectivity index (χ2v) is 13.6. The molecule has 0 atom stereocenters. The second kappa shape index (κ2) is 13.5. The number of carbonyl (C=O) groups is 1. The molecule has 0 unspecified atom stereocenters. The zero-order valence-electron chi connectivity index (χ0n) is 27.4. The van der Waals surface area contributed by atoms with Gasteiger partial charge in [0.25, 0.3) is 11.8 Å². The monoisotopic (exact) mass is 631 g/mol. The molecule has 2 fully saturated rings. The first-order valence-corrected chi connectivity index (χ1v) is 17.1. The SMILES string of the molecule is CCCC(F)(F)c1cnc2nc1Nc1ccc(cc1C(=O)NC)C1CC(CCCCCCCC3(CC3)c3ccc(cc3OC)N2)C1. The predicted octanol–water partition coefficient (Wildman–Crippen LogP) is 9.49. The van der Waals surface area contributed by atoms with Gasteiger partial charge in [0.1, 0.15) is 11.6 Å². The fourth-order valence-electron chi connectivity index (χ4n) is 7.44. The normalized spacial score (nSPS) is 21.0. The van der Waals surface area contributed by atoms with Crippen molar-refractivity contribution in [2.75, 3.05) is 24.8 Å². The van der Waals surface area contributed by atoms with Gasteiger partial charge in [-0.1, -0.05) is 64.0 Å². The lowest BCUT2D eigenvalue weighted by molar-refractivity contribution is -0.0138. The molecule has 46 heavy (non-hydrogen) atoms. The number of carbonyl (C=O) groups excluding carboxylic acids is 1. The molecule has 2 aliphatic carbocycles. The van der Waals surface area contributed by atoms with Crippen molar-refractivity contribution >= 4 is 29.0 Å². The molecular formula is C37H47F2N5O2. The van der Waals surface area contributed by atoms with E-state index in [4.69, 9.17) is 4.74 Å². The van der Waals surface area contributed by atoms with E-state index in [1.165, 1.54) is 69.5 Å². The molecule has 9 heteroatoms. The number of benzene rings is 2. The number of fused-ring (bicyclic) bond motifs is 1. The molecule has 6 heterocycles. The number of amides is 1. The van der Waals surface area contributed by atoms with Crippen molar-refractivity contribution in [1.82, 2.24) is 15.3 Å². The number of nitrogens with zero attached hydrogens (tertiary/aromatic N) is 2. The van der Waals surface area contributed by atoms with Crippen molar-refractivity contribution in [1.29, 1.82) is 0 Å². The van der Waals surface area contributed by atoms with E-state index in [0.717, 1.165) is 30.1 Å². The summed E-state index contributed by atoms with van der Waals surface area (Å²) in [7, 11) is 3.27. The largest absolute Gasteiger partial charge is 0.496 e. The lowest BCUT2D eigenvalue weighted by atomic mass is 9.69. The number of hydrogen-bond donors (Lipinski definition) is 3. The van der Waals surface area contributed by atoms with Crippen molar-refractivity contribution < 1.29 is 18.3 Å². The van der Waals surface area contributed by atoms with E-state index < -0.39 is 5.92 Å². The zero-order valence-corrected chi connectivity index (χ0v) is 27.4. The number of nitrogens with one attached hydrogen (secondary N) is 3. The van der Waals surface area contributed by atoms with Crippen LogP contribution in [-0.2, 0) is 11.3 Å². The van der Waals surface area contributed by atoms with Gasteiger partial charge < -0.3 is 20.7 Å². The Balaban J connectivity index is 1.38. The Labute approximate surface area is 271 Å². The van der Waals surface area contributed by atoms with Gasteiger partial charge in [0.05, 0.1) is 23.9 Å². The third kappa shape index (κ3) is 6.83. The number of methoxy groups -OCH3 is 1. The fourth-order valence-corrected chi connectivity index (χ4v) is 7.44. The molecule has 246 valence electrons. The summed E-state index contributed by atoms with van der Waals surface area (Å²) in [6.07, 6.45) is 14.4. The first kappa shape index (κ1) is 32.2. The molecule has 5 aliphatic heterocycles. The van der Waals surface area contributed by atoms with Gasteiger partial charge in [-0.2, -0.15) is 4.98 Å². The van der Waals surface area contributed by atoms with Gasteiger partial charge in [0, 0.05) is 37.0 Å². The third-order valence-electron chi connectivity index (χ3n) is 10.4. The fraction of sp³-hybridized carbons (Fsp3) is 0.541. The van der Waals surface area contributed by atoms with Gasteiger partial charge in [-0.05, 0) is 73.1 Å². The first-order valence-electron chi connectivity index (χ1n) is 17.1. The van der Waals surface area contributed by atoms with Crippen LogP contribution in [0.2, 0.25) is 0 Å². The average Bonchev–Trinajstić information content (AvgIpc) is 3.81. The zero-order chi connectivity index (χ0) is 32.3. The quantitative estimate of drug-likeness (QED) is 0.260. The summed E-state index contributed by atoms with van der Waals surface area (Å²) >= 11 is 0. The van der Waals surface area contributed by atoms with E-state index in [2.05, 4.69) is 32.0 Å². The van der Waals surface area contributed by atoms with E-state index >= 15 is 8.78 Å². The van der Waals surface area contributed by atoms with Gasteiger partial charge in [0.15, 0.2) is 0 Å². The highest BCUT2D eigenvalue weighted by Crippen LogP contribution is 2.55. The number of ether oxygens (including phenoxy) is 1. The maximum absolute atomic E-state index is 15.4. The second-order valence-electron chi connectivity index (χ2n) is 13.6. The molecule has 2 saturated carbocycles. The standard InChI is InChI=1S/C37H47F2N5O2/c1-4-15-37(38,39)30-23-41-35-42-27-12-13-29(32(22-27)46-3)36(17-18-36)16-9-7-5-6-8-10-24-19-26(20-24)25-11-14-31(43-33(30)44-35)28(21-25)34(45)40-2/h11-14,21-24,26H,4-10,15-20H2,1-3H3,(H,40,45)(H2,41,42,43,44). The van der Waals surface area contributed by atoms with Crippen LogP contribution in [0.4, 0.5) is 31.9 Å². The van der Waals surface area contributed by atoms with Crippen LogP contribution in [0, 0.1) is 5.92 Å². The van der Waals surface area contributed by atoms with Crippen LogP contribution in [0.1, 0.15) is 123 Å². The van der Waals surface area contributed by atoms with Crippen molar-refractivity contribution in [3.63, 3.8) is 0 Å². The lowest BCUT2D eigenvalue weighted by Gasteiger charge is -2.36. The summed E-state index contributed by atoms with van der Waals surface area (Å²) in [4.78, 5) is 21.9. The molecule has 1 amide bonds. The number of halogens is 2. The van der Waals surface area contributed by atoms with Crippen LogP contribution >= 0.6 is 0 Å². The molecule has 1 spiro atoms. The summed E-state index contributed by atoms with van der Waals surface area (Å²) in [5.74, 6) is -1.36. The van der Waals surface area contributed by atoms with Gasteiger partial charge in [-0.15, -0.1) is 0 Å². The molecule has 3 aromatic rings. The Bertz CT molecular complexity index is 1550. The van der Waals surface area contributed by atoms with Gasteiger partial charge in [-0.25, -0.2) is 13.8 Å². The van der Waals surface area contributed by atoms with E-state index in [0.29, 0.717) is 29.3 Å². The summed E-state index contributed by atoms with van der Waals surface area (Å²) < 4.78 is 36.7. The number of rotatable bonds is 5. The smallest absolute Gasteiger partial charge is 0.278 e. The highest BCUT2D eigenvalue weighted by Gasteiger charge is 2.45. The molecule has 10 rings (SSSR count). The summed E-state index contributed by atoms with van der Waals surface area (Å²) in [6, 6.07) is 11.8. The maximum Gasteiger partial charge on any atom is 0.278 e. The minimum Gasteiger partial charge on any atom is -0.496 e. The average molecular weight is 632 g/mol. The van der Waals surface area contributed by atoms with Gasteiger partial charge in [0.2, 0.25) is 5.95 Å². The minimum atomic E-state index is -3.16. The summed E-state index contributed by atoms with van der Waals surface area (Å²) in [5, 5.41) is 9.03. The molecule has 1 aromatic heterocycles. The lowest BCUT2D eigenvalue weighted by Crippen LogP contribution is -2.24. The van der Waals surface area contributed by atoms with Crippen molar-refractivity contribution in [2.24, 2.45) is 5.92 Å². The van der Waals surface area contributed by atoms with Crippen molar-refractivity contribution in [3.8, 4) is 5.75 Å². The Morgan fingerprint density at radius 1 is 1.04 bits per heavy atom. The molecular weight excluding hydrogens is 584 g/mol. The third-order valence-corrected chi connectivity index (χ3v) is 10.4. The Kier molecular flexibility index (Phi) is 9.48. The molecule has 0 saturated heterocycles. The predicted molar refractivity (Wildman–Crippen MR) is 179 cm³/mol. The van der Waals surface area contributed by atoms with Gasteiger partial charge in [-0.3, -0.25) is 4.79 Å². The van der Waals surface area contributed by atoms with Crippen molar-refractivity contribution in [3.05, 3.63) is 64.8 Å². The van der Waals surface area contributed by atoms with Crippen molar-refractivity contribution in [2.45, 2.75) is 108 Å². The molecule has 3 N–H and O–H groups in total. The topological polar surface area (TPSA) is 88.2 Å². The van der Waals surface area contributed by atoms with E-state index in [1.54, 1.807) is 21.1 Å². The number of alkyl halides is 2. The molecule has 0 radical (unpaired) electrons. The number of aromatic nitrogens is 2. The Hall–Kier alpha value is -3.75. The summed E-state index contributed by atoms with van der Waals surface area (Å²) in [5.41, 5.74) is 3.76. The van der Waals surface area contributed by atoms with Crippen LogP contribution < -0.4 is 20.7 Å². The molecule has 7 nitrogen and oxygen atoms in total. The number of anilines is 4. The minimum absolute atomic E-state index is 0.0347. The van der Waals surface area contributed by atoms with Gasteiger partial charge >= 0.3 is 0 Å². The van der Waals surface area contributed by atoms with Crippen LogP contribution in [0.3, 0.4) is 0 Å². The maximum atomic E-state index is 15.4. The Morgan fingerprint density at radius 2 is 1.83 bits per heavy atom. The molecule has 2 aromatic carbocycles. The molecule has 7 aliphatic rings. The molecule has 8 bridgehead atoms. The highest BCUT2D eigenvalue weighted by atomic mass is 19.3. The first-order chi connectivity index (χ1) is 22.2. The van der Waals surface area contributed by atoms with Crippen LogP contribution in [0.15, 0.2) is 42.6 Å². The van der Waals surface area contributed by atoms with Crippen LogP contribution in [0.5, 0.6) is 5.75 Å². The summed E-state index contributed by atoms with van der Waals surface area (Å²) in [6.45, 7) is 1.72. The highest BCUT2D eigenvalue weighted by molar-refractivity contribution is 6.00. The van der Waals surface area contributed by atoms with Crippen LogP contribution in [0.25, 0.3) is 0 Å². The van der Waals surface area contributed by atoms with Crippen LogP contribution in [-0.4, -0.2) is 30.0 Å².